The summed E-state index contributed by atoms with van der Waals surface area (Å²) < 4.78 is 13.5. The monoisotopic (exact) mass is 375 g/mol. The number of aliphatic carboxylic acids is 1. The average molecular weight is 375 g/mol. The number of carbonyl (C=O) groups excluding carboxylic acids is 1. The van der Waals surface area contributed by atoms with Gasteiger partial charge < -0.3 is 15.5 Å². The number of amides is 2. The van der Waals surface area contributed by atoms with Gasteiger partial charge in [0.1, 0.15) is 5.82 Å². The molecule has 0 aliphatic carbocycles. The summed E-state index contributed by atoms with van der Waals surface area (Å²) in [6.07, 6.45) is 0. The molecule has 0 saturated carbocycles. The predicted molar refractivity (Wildman–Crippen MR) is 95.9 cm³/mol. The van der Waals surface area contributed by atoms with Gasteiger partial charge in [-0.15, -0.1) is 0 Å². The quantitative estimate of drug-likeness (QED) is 0.559. The summed E-state index contributed by atoms with van der Waals surface area (Å²) >= 11 is 1.13. The molecular weight excluding hydrogens is 361 g/mol. The van der Waals surface area contributed by atoms with Crippen LogP contribution in [0, 0.1) is 5.82 Å². The number of carboxylic acid groups (broad SMARTS) is 1. The number of rotatable bonds is 4. The topological polar surface area (TPSA) is 112 Å². The average Bonchev–Trinajstić information content (AvgIpc) is 2.97. The van der Waals surface area contributed by atoms with Gasteiger partial charge in [0, 0.05) is 5.69 Å². The normalized spacial score (nSPS) is 13.2. The van der Waals surface area contributed by atoms with Crippen molar-refractivity contribution < 1.29 is 24.2 Å². The van der Waals surface area contributed by atoms with Crippen LogP contribution in [0.2, 0.25) is 0 Å². The summed E-state index contributed by atoms with van der Waals surface area (Å²) in [5, 5.41) is 24.5. The van der Waals surface area contributed by atoms with E-state index in [4.69, 9.17) is 5.11 Å². The largest absolute Gasteiger partial charge is 0.479 e. The highest BCUT2D eigenvalue weighted by Crippen LogP contribution is 2.30. The highest BCUT2D eigenvalue weighted by atomic mass is 32.1. The van der Waals surface area contributed by atoms with Gasteiger partial charge in [-0.2, -0.15) is 0 Å². The summed E-state index contributed by atoms with van der Waals surface area (Å²) in [5.41, 5.74) is -0.837. The second-order valence-electron chi connectivity index (χ2n) is 5.66. The summed E-state index contributed by atoms with van der Waals surface area (Å²) in [5.74, 6) is -1.77. The number of urea groups is 1. The molecule has 0 saturated heterocycles. The van der Waals surface area contributed by atoms with Crippen LogP contribution in [0.1, 0.15) is 12.5 Å². The van der Waals surface area contributed by atoms with E-state index in [2.05, 4.69) is 15.6 Å². The Morgan fingerprint density at radius 2 is 1.85 bits per heavy atom. The maximum absolute atomic E-state index is 12.9. The van der Waals surface area contributed by atoms with Gasteiger partial charge in [-0.3, -0.25) is 5.32 Å². The number of carboxylic acids is 1. The summed E-state index contributed by atoms with van der Waals surface area (Å²) in [6.45, 7) is 1.19. The molecule has 1 atom stereocenters. The molecule has 4 N–H and O–H groups in total. The van der Waals surface area contributed by atoms with Crippen LogP contribution in [-0.4, -0.2) is 27.2 Å². The van der Waals surface area contributed by atoms with Gasteiger partial charge in [0.2, 0.25) is 0 Å². The van der Waals surface area contributed by atoms with E-state index >= 15 is 0 Å². The van der Waals surface area contributed by atoms with Crippen LogP contribution in [0.5, 0.6) is 0 Å². The predicted octanol–water partition coefficient (Wildman–Crippen LogP) is 3.37. The van der Waals surface area contributed by atoms with Gasteiger partial charge in [0.25, 0.3) is 0 Å². The number of aromatic nitrogens is 1. The van der Waals surface area contributed by atoms with Gasteiger partial charge in [-0.05, 0) is 48.9 Å². The number of aliphatic hydroxyl groups is 1. The number of fused-ring (bicyclic) bond motifs is 1. The Morgan fingerprint density at radius 1 is 1.15 bits per heavy atom. The minimum Gasteiger partial charge on any atom is -0.479 e. The number of anilines is 2. The number of carbonyl (C=O) groups is 2. The van der Waals surface area contributed by atoms with Gasteiger partial charge in [0.05, 0.1) is 10.2 Å². The van der Waals surface area contributed by atoms with Crippen molar-refractivity contribution in [3.8, 4) is 0 Å². The highest BCUT2D eigenvalue weighted by Gasteiger charge is 2.32. The summed E-state index contributed by atoms with van der Waals surface area (Å²) in [6, 6.07) is 9.31. The van der Waals surface area contributed by atoms with Crippen LogP contribution in [-0.2, 0) is 10.4 Å². The molecule has 134 valence electrons. The van der Waals surface area contributed by atoms with Crippen LogP contribution in [0.25, 0.3) is 10.2 Å². The molecule has 7 nitrogen and oxygen atoms in total. The van der Waals surface area contributed by atoms with E-state index in [1.807, 2.05) is 0 Å². The van der Waals surface area contributed by atoms with E-state index in [-0.39, 0.29) is 5.56 Å². The fraction of sp³-hybridized carbons (Fsp3) is 0.118. The van der Waals surface area contributed by atoms with E-state index in [1.165, 1.54) is 43.3 Å². The Balaban J connectivity index is 1.77. The standard InChI is InChI=1S/C17H14FN3O4S/c1-17(25,14(22)23)9-2-7-12-13(8-9)26-16(20-12)21-15(24)19-11-5-3-10(18)4-6-11/h2-8,25H,1H3,(H,22,23)(H2,19,20,21,24). The van der Waals surface area contributed by atoms with E-state index < -0.39 is 23.4 Å². The fourth-order valence-corrected chi connectivity index (χ4v) is 3.10. The first kappa shape index (κ1) is 17.8. The van der Waals surface area contributed by atoms with Crippen molar-refractivity contribution in [1.29, 1.82) is 0 Å². The second kappa shape index (κ2) is 6.70. The molecule has 0 aliphatic heterocycles. The molecule has 0 radical (unpaired) electrons. The molecule has 1 unspecified atom stereocenters. The summed E-state index contributed by atoms with van der Waals surface area (Å²) in [4.78, 5) is 27.4. The lowest BCUT2D eigenvalue weighted by Gasteiger charge is -2.17. The van der Waals surface area contributed by atoms with E-state index in [0.717, 1.165) is 11.3 Å². The Kier molecular flexibility index (Phi) is 4.58. The maximum Gasteiger partial charge on any atom is 0.340 e. The molecular formula is C17H14FN3O4S. The molecule has 3 aromatic rings. The maximum atomic E-state index is 12.9. The zero-order valence-corrected chi connectivity index (χ0v) is 14.3. The molecule has 0 aliphatic rings. The second-order valence-corrected chi connectivity index (χ2v) is 6.70. The zero-order chi connectivity index (χ0) is 18.9. The minimum absolute atomic E-state index is 0.212. The molecule has 2 aromatic carbocycles. The first-order valence-electron chi connectivity index (χ1n) is 7.46. The van der Waals surface area contributed by atoms with E-state index in [1.54, 1.807) is 6.07 Å². The van der Waals surface area contributed by atoms with Crippen molar-refractivity contribution in [2.24, 2.45) is 0 Å². The van der Waals surface area contributed by atoms with Gasteiger partial charge in [-0.1, -0.05) is 17.4 Å². The Bertz CT molecular complexity index is 985. The first-order valence-corrected chi connectivity index (χ1v) is 8.28. The summed E-state index contributed by atoms with van der Waals surface area (Å²) in [7, 11) is 0. The number of hydrogen-bond donors (Lipinski definition) is 4. The number of nitrogens with one attached hydrogen (secondary N) is 2. The molecule has 9 heteroatoms. The van der Waals surface area contributed by atoms with Gasteiger partial charge in [0.15, 0.2) is 10.7 Å². The van der Waals surface area contributed by atoms with Crippen LogP contribution in [0.3, 0.4) is 0 Å². The van der Waals surface area contributed by atoms with Crippen molar-refractivity contribution >= 4 is 44.4 Å². The number of nitrogens with zero attached hydrogens (tertiary/aromatic N) is 1. The third-order valence-electron chi connectivity index (χ3n) is 3.69. The lowest BCUT2D eigenvalue weighted by Crippen LogP contribution is -2.31. The van der Waals surface area contributed by atoms with Crippen LogP contribution in [0.4, 0.5) is 20.0 Å². The number of halogens is 1. The van der Waals surface area contributed by atoms with Crippen molar-refractivity contribution in [2.45, 2.75) is 12.5 Å². The van der Waals surface area contributed by atoms with E-state index in [9.17, 15) is 19.1 Å². The molecule has 0 fully saturated rings. The Morgan fingerprint density at radius 3 is 2.50 bits per heavy atom. The molecule has 3 rings (SSSR count). The number of benzene rings is 2. The first-order chi connectivity index (χ1) is 12.3. The van der Waals surface area contributed by atoms with Gasteiger partial charge in [-0.25, -0.2) is 19.0 Å². The highest BCUT2D eigenvalue weighted by molar-refractivity contribution is 7.22. The molecule has 0 bridgehead atoms. The van der Waals surface area contributed by atoms with Crippen LogP contribution < -0.4 is 10.6 Å². The zero-order valence-electron chi connectivity index (χ0n) is 13.5. The number of hydrogen-bond acceptors (Lipinski definition) is 5. The Hall–Kier alpha value is -3.04. The van der Waals surface area contributed by atoms with Gasteiger partial charge >= 0.3 is 12.0 Å². The number of thiazole rings is 1. The molecule has 26 heavy (non-hydrogen) atoms. The van der Waals surface area contributed by atoms with Crippen molar-refractivity contribution in [1.82, 2.24) is 4.98 Å². The molecule has 0 spiro atoms. The van der Waals surface area contributed by atoms with Crippen LogP contribution in [0.15, 0.2) is 42.5 Å². The Labute approximate surface area is 151 Å². The molecule has 1 heterocycles. The third kappa shape index (κ3) is 3.63. The van der Waals surface area contributed by atoms with Crippen molar-refractivity contribution in [3.63, 3.8) is 0 Å². The molecule has 2 amide bonds. The lowest BCUT2D eigenvalue weighted by molar-refractivity contribution is -0.157. The third-order valence-corrected chi connectivity index (χ3v) is 4.62. The fourth-order valence-electron chi connectivity index (χ4n) is 2.20. The van der Waals surface area contributed by atoms with Crippen molar-refractivity contribution in [2.75, 3.05) is 10.6 Å². The van der Waals surface area contributed by atoms with E-state index in [0.29, 0.717) is 21.0 Å². The molecule has 1 aromatic heterocycles. The minimum atomic E-state index is -2.02. The smallest absolute Gasteiger partial charge is 0.340 e. The van der Waals surface area contributed by atoms with Crippen LogP contribution >= 0.6 is 11.3 Å². The van der Waals surface area contributed by atoms with Crippen molar-refractivity contribution in [3.05, 3.63) is 53.8 Å². The lowest BCUT2D eigenvalue weighted by atomic mass is 9.96. The SMILES string of the molecule is CC(O)(C(=O)O)c1ccc2nc(NC(=O)Nc3ccc(F)cc3)sc2c1.